The average molecular weight is 647 g/mol. The molecule has 8 nitrogen and oxygen atoms in total. The van der Waals surface area contributed by atoms with Gasteiger partial charge in [0.2, 0.25) is 0 Å². The summed E-state index contributed by atoms with van der Waals surface area (Å²) in [6.45, 7) is 18.8. The zero-order chi connectivity index (χ0) is 34.2. The van der Waals surface area contributed by atoms with E-state index in [-0.39, 0.29) is 62.2 Å². The first kappa shape index (κ1) is 38.1. The number of carbonyl (C=O) groups is 2. The fourth-order valence-electron chi connectivity index (χ4n) is 5.78. The number of aromatic hydroxyl groups is 2. The van der Waals surface area contributed by atoms with Crippen molar-refractivity contribution in [2.45, 2.75) is 143 Å². The zero-order valence-corrected chi connectivity index (χ0v) is 29.7. The van der Waals surface area contributed by atoms with Crippen LogP contribution in [-0.2, 0) is 42.1 Å². The molecule has 0 saturated carbocycles. The molecule has 0 heterocycles. The highest BCUT2D eigenvalue weighted by Gasteiger charge is 2.35. The van der Waals surface area contributed by atoms with E-state index in [1.54, 1.807) is 27.7 Å². The van der Waals surface area contributed by atoms with E-state index < -0.39 is 32.3 Å². The summed E-state index contributed by atoms with van der Waals surface area (Å²) >= 11 is 0. The Labute approximate surface area is 270 Å². The number of ether oxygens (including phenoxy) is 2. The highest BCUT2D eigenvalue weighted by atomic mass is 32.2. The molecule has 0 aliphatic carbocycles. The summed E-state index contributed by atoms with van der Waals surface area (Å²) in [6.07, 6.45) is 1.46. The number of hydrogen-bond donors (Lipinski definition) is 2. The molecular weight excluding hydrogens is 592 g/mol. The van der Waals surface area contributed by atoms with Crippen LogP contribution in [0.4, 0.5) is 0 Å². The molecule has 0 saturated heterocycles. The van der Waals surface area contributed by atoms with Crippen molar-refractivity contribution in [2.24, 2.45) is 0 Å². The topological polar surface area (TPSA) is 127 Å². The van der Waals surface area contributed by atoms with Gasteiger partial charge in [-0.1, -0.05) is 53.7 Å². The highest BCUT2D eigenvalue weighted by Crippen LogP contribution is 2.36. The molecule has 0 bridgehead atoms. The molecule has 45 heavy (non-hydrogen) atoms. The fourth-order valence-corrected chi connectivity index (χ4v) is 7.99. The molecule has 0 radical (unpaired) electrons. The van der Waals surface area contributed by atoms with Crippen molar-refractivity contribution < 1.29 is 37.7 Å². The van der Waals surface area contributed by atoms with Crippen molar-refractivity contribution in [2.75, 3.05) is 0 Å². The van der Waals surface area contributed by atoms with Crippen molar-refractivity contribution in [3.8, 4) is 11.5 Å². The van der Waals surface area contributed by atoms with Gasteiger partial charge in [0.25, 0.3) is 0 Å². The van der Waals surface area contributed by atoms with E-state index in [0.717, 1.165) is 35.1 Å². The van der Waals surface area contributed by atoms with Gasteiger partial charge in [0.1, 0.15) is 24.7 Å². The molecule has 0 spiro atoms. The highest BCUT2D eigenvalue weighted by molar-refractivity contribution is 7.92. The van der Waals surface area contributed by atoms with Crippen LogP contribution in [0.15, 0.2) is 12.1 Å². The number of rotatable bonds is 16. The van der Waals surface area contributed by atoms with Gasteiger partial charge in [0, 0.05) is 0 Å². The summed E-state index contributed by atoms with van der Waals surface area (Å²) in [4.78, 5) is 25.7. The Morgan fingerprint density at radius 1 is 0.667 bits per heavy atom. The molecular formula is C36H54O8S. The number of phenols is 2. The van der Waals surface area contributed by atoms with Crippen LogP contribution in [0.2, 0.25) is 0 Å². The van der Waals surface area contributed by atoms with Crippen LogP contribution >= 0.6 is 0 Å². The minimum Gasteiger partial charge on any atom is -0.507 e. The monoisotopic (exact) mass is 646 g/mol. The Morgan fingerprint density at radius 3 is 1.29 bits per heavy atom. The molecule has 0 aliphatic heterocycles. The lowest BCUT2D eigenvalue weighted by molar-refractivity contribution is -0.145. The molecule has 252 valence electrons. The second-order valence-corrected chi connectivity index (χ2v) is 15.0. The van der Waals surface area contributed by atoms with Crippen molar-refractivity contribution in [3.05, 3.63) is 56.6 Å². The van der Waals surface area contributed by atoms with Gasteiger partial charge in [-0.3, -0.25) is 9.59 Å². The molecule has 4 unspecified atom stereocenters. The average Bonchev–Trinajstić information content (AvgIpc) is 3.00. The van der Waals surface area contributed by atoms with E-state index in [1.165, 1.54) is 0 Å². The first-order chi connectivity index (χ1) is 21.0. The van der Waals surface area contributed by atoms with Gasteiger partial charge in [-0.2, -0.15) is 0 Å². The Balaban J connectivity index is 2.09. The first-order valence-corrected chi connectivity index (χ1v) is 17.8. The van der Waals surface area contributed by atoms with Crippen molar-refractivity contribution in [1.29, 1.82) is 0 Å². The van der Waals surface area contributed by atoms with Crippen LogP contribution in [0.5, 0.6) is 11.5 Å². The summed E-state index contributed by atoms with van der Waals surface area (Å²) in [5.74, 6) is -0.560. The van der Waals surface area contributed by atoms with Gasteiger partial charge >= 0.3 is 11.9 Å². The molecule has 2 aromatic carbocycles. The minimum atomic E-state index is -3.88. The maximum Gasteiger partial charge on any atom is 0.307 e. The predicted octanol–water partition coefficient (Wildman–Crippen LogP) is 7.90. The molecule has 0 aliphatic rings. The Bertz CT molecular complexity index is 1360. The third kappa shape index (κ3) is 9.02. The van der Waals surface area contributed by atoms with Crippen LogP contribution in [0, 0.1) is 27.7 Å². The summed E-state index contributed by atoms with van der Waals surface area (Å²) in [5.41, 5.74) is 6.19. The lowest BCUT2D eigenvalue weighted by Gasteiger charge is -2.23. The van der Waals surface area contributed by atoms with E-state index in [4.69, 9.17) is 9.47 Å². The fraction of sp³-hybridized carbons (Fsp3) is 0.611. The van der Waals surface area contributed by atoms with E-state index in [0.29, 0.717) is 22.3 Å². The number of sulfone groups is 1. The third-order valence-electron chi connectivity index (χ3n) is 9.53. The second-order valence-electron chi connectivity index (χ2n) is 12.5. The minimum absolute atomic E-state index is 0.0718. The van der Waals surface area contributed by atoms with Gasteiger partial charge in [0.15, 0.2) is 9.84 Å². The lowest BCUT2D eigenvalue weighted by Crippen LogP contribution is -2.35. The summed E-state index contributed by atoms with van der Waals surface area (Å²) in [5, 5.41) is 19.4. The van der Waals surface area contributed by atoms with E-state index in [9.17, 15) is 28.2 Å². The van der Waals surface area contributed by atoms with Crippen LogP contribution in [-0.4, -0.2) is 41.1 Å². The predicted molar refractivity (Wildman–Crippen MR) is 178 cm³/mol. The smallest absolute Gasteiger partial charge is 0.307 e. The van der Waals surface area contributed by atoms with Gasteiger partial charge in [-0.25, -0.2) is 8.42 Å². The largest absolute Gasteiger partial charge is 0.507 e. The zero-order valence-electron chi connectivity index (χ0n) is 28.9. The normalized spacial score (nSPS) is 14.4. The molecule has 0 amide bonds. The maximum absolute atomic E-state index is 13.6. The van der Waals surface area contributed by atoms with Crippen LogP contribution in [0.1, 0.15) is 136 Å². The Morgan fingerprint density at radius 2 is 1.00 bits per heavy atom. The second kappa shape index (κ2) is 16.5. The van der Waals surface area contributed by atoms with Crippen molar-refractivity contribution in [1.82, 2.24) is 0 Å². The summed E-state index contributed by atoms with van der Waals surface area (Å²) < 4.78 is 38.2. The SMILES string of the molecule is CCC(C)c1cc(C)c(COC(=O)CC(CC)S(=O)(=O)C(CC)CC(=O)OCc2c(C)cc(C(C)CC)c(O)c2C)c(C)c1O. The molecule has 9 heteroatoms. The number of aryl methyl sites for hydroxylation is 2. The van der Waals surface area contributed by atoms with Crippen molar-refractivity contribution >= 4 is 21.8 Å². The van der Waals surface area contributed by atoms with Gasteiger partial charge < -0.3 is 19.7 Å². The molecule has 0 fully saturated rings. The van der Waals surface area contributed by atoms with Crippen molar-refractivity contribution in [3.63, 3.8) is 0 Å². The summed E-state index contributed by atoms with van der Waals surface area (Å²) in [7, 11) is -3.88. The maximum atomic E-state index is 13.6. The van der Waals surface area contributed by atoms with Gasteiger partial charge in [-0.15, -0.1) is 0 Å². The van der Waals surface area contributed by atoms with Crippen LogP contribution in [0.3, 0.4) is 0 Å². The number of carbonyl (C=O) groups excluding carboxylic acids is 2. The first-order valence-electron chi connectivity index (χ1n) is 16.2. The standard InChI is InChI=1S/C36H54O8S/c1-11-21(5)29-15-23(7)31(25(9)35(29)39)19-43-33(37)17-27(13-3)45(41,42)28(14-4)18-34(38)44-20-32-24(8)16-30(22(6)12-2)36(40)26(32)10/h15-16,21-22,27-28,39-40H,11-14,17-20H2,1-10H3. The molecule has 2 rings (SSSR count). The Kier molecular flexibility index (Phi) is 14.0. The van der Waals surface area contributed by atoms with Gasteiger partial charge in [-0.05, 0) is 110 Å². The van der Waals surface area contributed by atoms with Crippen LogP contribution < -0.4 is 0 Å². The molecule has 0 aromatic heterocycles. The number of benzene rings is 2. The summed E-state index contributed by atoms with van der Waals surface area (Å²) in [6, 6.07) is 3.83. The van der Waals surface area contributed by atoms with Gasteiger partial charge in [0.05, 0.1) is 23.3 Å². The number of phenolic OH excluding ortho intramolecular Hbond substituents is 2. The van der Waals surface area contributed by atoms with E-state index in [2.05, 4.69) is 13.8 Å². The van der Waals surface area contributed by atoms with Crippen LogP contribution in [0.25, 0.3) is 0 Å². The van der Waals surface area contributed by atoms with E-state index in [1.807, 2.05) is 39.8 Å². The molecule has 4 atom stereocenters. The third-order valence-corrected chi connectivity index (χ3v) is 12.4. The van der Waals surface area contributed by atoms with E-state index >= 15 is 0 Å². The molecule has 2 aromatic rings. The Hall–Kier alpha value is -3.07. The lowest BCUT2D eigenvalue weighted by atomic mass is 9.90. The molecule has 2 N–H and O–H groups in total. The number of esters is 2. The quantitative estimate of drug-likeness (QED) is 0.176. The number of hydrogen-bond acceptors (Lipinski definition) is 8.